The quantitative estimate of drug-likeness (QED) is 0.113. The minimum Gasteiger partial charge on any atom is -0.310 e. The molecule has 24 rings (SSSR count). The summed E-state index contributed by atoms with van der Waals surface area (Å²) in [4.78, 5) is 5.03. The molecule has 548 valence electrons. The van der Waals surface area contributed by atoms with E-state index in [2.05, 4.69) is 456 Å². The third kappa shape index (κ3) is 10.6. The largest absolute Gasteiger partial charge is 0.310 e. The SMILES string of the molecule is c1ccc(-n2c3ccccc3c3c(-c4cccc(N(c5ccc(-c6cccc7ccccc67)cc5)c5cc6ccccc6c6ccccc56)c4)c4ccc(-c5ccccc5-n5c6ccccc6c6c(-c7cccc(N(c8cc9ccccc9c9ccccc89)c8cc9ccccc9c9ccccc89)c7)c7ccccc7cc65)cc4cc32)cc1. The molecule has 24 aromatic rings. The van der Waals surface area contributed by atoms with Crippen molar-refractivity contribution in [2.24, 2.45) is 0 Å². The third-order valence-corrected chi connectivity index (χ3v) is 24.9. The number of rotatable bonds is 12. The van der Waals surface area contributed by atoms with Gasteiger partial charge in [-0.25, -0.2) is 0 Å². The molecule has 0 aliphatic heterocycles. The van der Waals surface area contributed by atoms with E-state index in [1.807, 2.05) is 0 Å². The second-order valence-electron chi connectivity index (χ2n) is 31.3. The molecule has 0 aliphatic rings. The molecule has 4 nitrogen and oxygen atoms in total. The number of anilines is 6. The Morgan fingerprint density at radius 3 is 1.12 bits per heavy atom. The molecule has 118 heavy (non-hydrogen) atoms. The Bertz CT molecular complexity index is 8150. The maximum absolute atomic E-state index is 2.55. The van der Waals surface area contributed by atoms with Gasteiger partial charge in [0, 0.05) is 66.0 Å². The number of para-hydroxylation sites is 4. The normalized spacial score (nSPS) is 11.9. The molecule has 22 aromatic carbocycles. The Morgan fingerprint density at radius 2 is 0.551 bits per heavy atom. The van der Waals surface area contributed by atoms with Gasteiger partial charge in [-0.2, -0.15) is 0 Å². The molecule has 0 saturated carbocycles. The zero-order valence-electron chi connectivity index (χ0n) is 64.4. The highest BCUT2D eigenvalue weighted by molar-refractivity contribution is 6.27. The Morgan fingerprint density at radius 1 is 0.169 bits per heavy atom. The van der Waals surface area contributed by atoms with Crippen molar-refractivity contribution in [1.82, 2.24) is 9.13 Å². The van der Waals surface area contributed by atoms with E-state index in [0.717, 1.165) is 95.2 Å². The molecular weight excluding hydrogens is 1430 g/mol. The number of hydrogen-bond donors (Lipinski definition) is 0. The highest BCUT2D eigenvalue weighted by Crippen LogP contribution is 2.53. The second-order valence-corrected chi connectivity index (χ2v) is 31.3. The van der Waals surface area contributed by atoms with Gasteiger partial charge in [0.1, 0.15) is 0 Å². The predicted octanol–water partition coefficient (Wildman–Crippen LogP) is 31.9. The van der Waals surface area contributed by atoms with Crippen molar-refractivity contribution in [1.29, 1.82) is 0 Å². The van der Waals surface area contributed by atoms with Gasteiger partial charge in [-0.05, 0) is 223 Å². The molecule has 0 unspecified atom stereocenters. The van der Waals surface area contributed by atoms with Gasteiger partial charge in [-0.3, -0.25) is 0 Å². The molecule has 0 atom stereocenters. The first kappa shape index (κ1) is 66.9. The molecule has 0 amide bonds. The van der Waals surface area contributed by atoms with Crippen LogP contribution in [0.2, 0.25) is 0 Å². The maximum atomic E-state index is 2.55. The summed E-state index contributed by atoms with van der Waals surface area (Å²) in [6, 6.07) is 163. The van der Waals surface area contributed by atoms with Crippen LogP contribution < -0.4 is 9.80 Å². The Hall–Kier alpha value is -15.6. The van der Waals surface area contributed by atoms with Gasteiger partial charge >= 0.3 is 0 Å². The fourth-order valence-electron chi connectivity index (χ4n) is 19.8. The van der Waals surface area contributed by atoms with Gasteiger partial charge < -0.3 is 18.9 Å². The molecule has 0 saturated heterocycles. The number of hydrogen-bond acceptors (Lipinski definition) is 2. The van der Waals surface area contributed by atoms with Crippen LogP contribution in [0.5, 0.6) is 0 Å². The Balaban J connectivity index is 0.706. The van der Waals surface area contributed by atoms with E-state index < -0.39 is 0 Å². The molecule has 0 aliphatic carbocycles. The van der Waals surface area contributed by atoms with E-state index in [0.29, 0.717) is 0 Å². The highest BCUT2D eigenvalue weighted by atomic mass is 15.2. The van der Waals surface area contributed by atoms with Crippen LogP contribution in [0, 0.1) is 0 Å². The molecule has 0 fully saturated rings. The average molecular weight is 1500 g/mol. The Labute approximate surface area is 681 Å². The van der Waals surface area contributed by atoms with Gasteiger partial charge in [0.05, 0.1) is 44.8 Å². The van der Waals surface area contributed by atoms with Crippen molar-refractivity contribution < 1.29 is 0 Å². The topological polar surface area (TPSA) is 16.3 Å². The van der Waals surface area contributed by atoms with Gasteiger partial charge in [-0.1, -0.05) is 334 Å². The van der Waals surface area contributed by atoms with E-state index in [1.165, 1.54) is 135 Å². The zero-order valence-corrected chi connectivity index (χ0v) is 64.4. The standard InChI is InChI=1S/C114H72N4/c1-2-37-83(38-3-1)116-104-57-24-21-53-101(104)113-109(116)72-82-65-79(61-64-94(82)112(113)80-35-26-39-85(66-80)115(106-68-75-30-5-10-42-89(75)95-47-14-17-50-98(95)106)84-62-59-74(60-63-84)88-55-28-34-73-29-4-9-41-87(73)88)92-45-20-23-56-103(92)118-105-58-25-22-54-102(105)114-110(118)71-78-33-8-13-46-93(78)111(114)81-36-27-40-86(67-81)117(107-69-76-31-6-11-43-90(76)96-48-15-18-51-99(96)107)108-70-77-32-7-12-44-91(77)97-49-16-19-52-100(97)108/h1-72H. The van der Waals surface area contributed by atoms with Crippen LogP contribution >= 0.6 is 0 Å². The van der Waals surface area contributed by atoms with Crippen LogP contribution in [0.4, 0.5) is 34.1 Å². The molecule has 0 radical (unpaired) electrons. The van der Waals surface area contributed by atoms with Gasteiger partial charge in [0.25, 0.3) is 0 Å². The smallest absolute Gasteiger partial charge is 0.0553 e. The van der Waals surface area contributed by atoms with Crippen LogP contribution in [0.1, 0.15) is 0 Å². The van der Waals surface area contributed by atoms with E-state index in [9.17, 15) is 0 Å². The number of fused-ring (bicyclic) bond motifs is 18. The lowest BCUT2D eigenvalue weighted by atomic mass is 9.90. The van der Waals surface area contributed by atoms with E-state index in [-0.39, 0.29) is 0 Å². The van der Waals surface area contributed by atoms with E-state index >= 15 is 0 Å². The molecule has 0 N–H and O–H groups in total. The van der Waals surface area contributed by atoms with Crippen molar-refractivity contribution in [3.05, 3.63) is 437 Å². The average Bonchev–Trinajstić information content (AvgIpc) is 1.55. The second kappa shape index (κ2) is 27.0. The first-order chi connectivity index (χ1) is 58.6. The van der Waals surface area contributed by atoms with Crippen LogP contribution in [-0.4, -0.2) is 9.13 Å². The monoisotopic (exact) mass is 1500 g/mol. The first-order valence-electron chi connectivity index (χ1n) is 40.8. The number of benzene rings is 22. The van der Waals surface area contributed by atoms with Crippen molar-refractivity contribution >= 4 is 175 Å². The fourth-order valence-corrected chi connectivity index (χ4v) is 19.8. The zero-order chi connectivity index (χ0) is 77.5. The van der Waals surface area contributed by atoms with Crippen LogP contribution in [0.3, 0.4) is 0 Å². The molecule has 4 heteroatoms. The van der Waals surface area contributed by atoms with E-state index in [1.54, 1.807) is 0 Å². The minimum atomic E-state index is 1.06. The van der Waals surface area contributed by atoms with Crippen molar-refractivity contribution in [3.8, 4) is 55.9 Å². The first-order valence-corrected chi connectivity index (χ1v) is 40.8. The van der Waals surface area contributed by atoms with Crippen molar-refractivity contribution in [2.75, 3.05) is 9.80 Å². The highest BCUT2D eigenvalue weighted by Gasteiger charge is 2.28. The summed E-state index contributed by atoms with van der Waals surface area (Å²) in [7, 11) is 0. The lowest BCUT2D eigenvalue weighted by molar-refractivity contribution is 1.18. The van der Waals surface area contributed by atoms with Crippen molar-refractivity contribution in [2.45, 2.75) is 0 Å². The molecule has 2 heterocycles. The summed E-state index contributed by atoms with van der Waals surface area (Å²) in [5, 5.41) is 26.4. The summed E-state index contributed by atoms with van der Waals surface area (Å²) in [5.74, 6) is 0. The lowest BCUT2D eigenvalue weighted by Gasteiger charge is -2.30. The summed E-state index contributed by atoms with van der Waals surface area (Å²) < 4.78 is 5.03. The number of aromatic nitrogens is 2. The molecule has 0 bridgehead atoms. The minimum absolute atomic E-state index is 1.06. The van der Waals surface area contributed by atoms with Gasteiger partial charge in [0.2, 0.25) is 0 Å². The third-order valence-electron chi connectivity index (χ3n) is 24.9. The van der Waals surface area contributed by atoms with Crippen molar-refractivity contribution in [3.63, 3.8) is 0 Å². The predicted molar refractivity (Wildman–Crippen MR) is 504 cm³/mol. The summed E-state index contributed by atoms with van der Waals surface area (Å²) >= 11 is 0. The summed E-state index contributed by atoms with van der Waals surface area (Å²) in [6.45, 7) is 0. The summed E-state index contributed by atoms with van der Waals surface area (Å²) in [6.07, 6.45) is 0. The molecule has 2 aromatic heterocycles. The van der Waals surface area contributed by atoms with Gasteiger partial charge in [-0.15, -0.1) is 0 Å². The summed E-state index contributed by atoms with van der Waals surface area (Å²) in [5.41, 5.74) is 22.5. The lowest BCUT2D eigenvalue weighted by Crippen LogP contribution is -2.11. The fraction of sp³-hybridized carbons (Fsp3) is 0. The van der Waals surface area contributed by atoms with Crippen LogP contribution in [0.15, 0.2) is 437 Å². The number of nitrogens with zero attached hydrogens (tertiary/aromatic N) is 4. The van der Waals surface area contributed by atoms with Crippen LogP contribution in [-0.2, 0) is 0 Å². The maximum Gasteiger partial charge on any atom is 0.0553 e. The van der Waals surface area contributed by atoms with Crippen LogP contribution in [0.25, 0.3) is 196 Å². The van der Waals surface area contributed by atoms with Gasteiger partial charge in [0.15, 0.2) is 0 Å². The molecular formula is C114H72N4. The molecule has 0 spiro atoms. The Kier molecular flexibility index (Phi) is 15.3. The van der Waals surface area contributed by atoms with E-state index in [4.69, 9.17) is 0 Å².